The fourth-order valence-corrected chi connectivity index (χ4v) is 2.40. The highest BCUT2D eigenvalue weighted by Crippen LogP contribution is 2.33. The van der Waals surface area contributed by atoms with Crippen molar-refractivity contribution in [3.63, 3.8) is 0 Å². The van der Waals surface area contributed by atoms with Crippen LogP contribution in [0, 0.1) is 11.6 Å². The van der Waals surface area contributed by atoms with Crippen LogP contribution in [-0.4, -0.2) is 25.4 Å². The van der Waals surface area contributed by atoms with Gasteiger partial charge in [-0.1, -0.05) is 12.1 Å². The predicted molar refractivity (Wildman–Crippen MR) is 77.9 cm³/mol. The van der Waals surface area contributed by atoms with Gasteiger partial charge in [0.25, 0.3) is 5.91 Å². The molecule has 2 aromatic rings. The van der Waals surface area contributed by atoms with Gasteiger partial charge in [0.15, 0.2) is 11.6 Å². The Morgan fingerprint density at radius 1 is 1.05 bits per heavy atom. The van der Waals surface area contributed by atoms with Crippen LogP contribution in [0.25, 0.3) is 0 Å². The Bertz CT molecular complexity index is 776. The zero-order valence-electron chi connectivity index (χ0n) is 11.7. The Balaban J connectivity index is 2.04. The summed E-state index contributed by atoms with van der Waals surface area (Å²) >= 11 is 0. The Morgan fingerprint density at radius 3 is 2.41 bits per heavy atom. The van der Waals surface area contributed by atoms with Crippen molar-refractivity contribution in [2.24, 2.45) is 0 Å². The molecule has 0 saturated carbocycles. The number of benzene rings is 2. The largest absolute Gasteiger partial charge is 0.312 e. The average Bonchev–Trinajstić information content (AvgIpc) is 2.53. The lowest BCUT2D eigenvalue weighted by atomic mass is 10.1. The molecule has 2 aromatic carbocycles. The molecule has 0 aromatic heterocycles. The zero-order valence-corrected chi connectivity index (χ0v) is 11.7. The van der Waals surface area contributed by atoms with Gasteiger partial charge in [-0.2, -0.15) is 0 Å². The van der Waals surface area contributed by atoms with E-state index in [9.17, 15) is 18.4 Å². The molecular formula is C16H12F2N2O2. The SMILES string of the molecule is CN1C(=O)CN(C(=O)c2ccc(F)c(F)c2)c2ccccc21. The maximum Gasteiger partial charge on any atom is 0.258 e. The van der Waals surface area contributed by atoms with E-state index in [1.54, 1.807) is 31.3 Å². The molecule has 0 atom stereocenters. The van der Waals surface area contributed by atoms with Crippen LogP contribution in [0.5, 0.6) is 0 Å². The molecule has 0 radical (unpaired) electrons. The number of rotatable bonds is 1. The number of anilines is 2. The van der Waals surface area contributed by atoms with Gasteiger partial charge in [0, 0.05) is 12.6 Å². The fraction of sp³-hybridized carbons (Fsp3) is 0.125. The topological polar surface area (TPSA) is 40.6 Å². The number of para-hydroxylation sites is 2. The number of halogens is 2. The Labute approximate surface area is 125 Å². The summed E-state index contributed by atoms with van der Waals surface area (Å²) in [4.78, 5) is 27.3. The van der Waals surface area contributed by atoms with Crippen molar-refractivity contribution < 1.29 is 18.4 Å². The summed E-state index contributed by atoms with van der Waals surface area (Å²) in [5.74, 6) is -2.92. The molecule has 0 bridgehead atoms. The third kappa shape index (κ3) is 2.22. The standard InChI is InChI=1S/C16H12F2N2O2/c1-19-13-4-2-3-5-14(13)20(9-15(19)21)16(22)10-6-7-11(17)12(18)8-10/h2-8H,9H2,1H3. The second kappa shape index (κ2) is 5.22. The van der Waals surface area contributed by atoms with E-state index in [-0.39, 0.29) is 18.0 Å². The van der Waals surface area contributed by atoms with Gasteiger partial charge in [-0.25, -0.2) is 8.78 Å². The number of amides is 2. The molecule has 2 amide bonds. The van der Waals surface area contributed by atoms with E-state index < -0.39 is 17.5 Å². The molecule has 1 aliphatic rings. The van der Waals surface area contributed by atoms with Gasteiger partial charge in [-0.05, 0) is 30.3 Å². The average molecular weight is 302 g/mol. The molecule has 0 N–H and O–H groups in total. The lowest BCUT2D eigenvalue weighted by molar-refractivity contribution is -0.117. The van der Waals surface area contributed by atoms with E-state index in [2.05, 4.69) is 0 Å². The molecule has 0 spiro atoms. The number of carbonyl (C=O) groups excluding carboxylic acids is 2. The van der Waals surface area contributed by atoms with Gasteiger partial charge in [0.1, 0.15) is 6.54 Å². The molecule has 3 rings (SSSR count). The van der Waals surface area contributed by atoms with Crippen molar-refractivity contribution in [1.29, 1.82) is 0 Å². The van der Waals surface area contributed by atoms with Gasteiger partial charge in [-0.15, -0.1) is 0 Å². The Morgan fingerprint density at radius 2 is 1.73 bits per heavy atom. The number of carbonyl (C=O) groups is 2. The van der Waals surface area contributed by atoms with E-state index >= 15 is 0 Å². The van der Waals surface area contributed by atoms with Crippen LogP contribution < -0.4 is 9.80 Å². The van der Waals surface area contributed by atoms with Crippen molar-refractivity contribution in [1.82, 2.24) is 0 Å². The Kier molecular flexibility index (Phi) is 3.36. The molecule has 0 aliphatic carbocycles. The van der Waals surface area contributed by atoms with E-state index in [0.717, 1.165) is 12.1 Å². The first kappa shape index (κ1) is 14.2. The van der Waals surface area contributed by atoms with Crippen molar-refractivity contribution in [3.8, 4) is 0 Å². The lowest BCUT2D eigenvalue weighted by Crippen LogP contribution is -2.46. The normalized spacial score (nSPS) is 14.0. The molecule has 1 heterocycles. The summed E-state index contributed by atoms with van der Waals surface area (Å²) in [6.07, 6.45) is 0. The van der Waals surface area contributed by atoms with E-state index in [1.165, 1.54) is 15.9 Å². The summed E-state index contributed by atoms with van der Waals surface area (Å²) in [6, 6.07) is 9.86. The highest BCUT2D eigenvalue weighted by molar-refractivity contribution is 6.15. The first-order chi connectivity index (χ1) is 10.5. The molecule has 0 fully saturated rings. The number of hydrogen-bond acceptors (Lipinski definition) is 2. The van der Waals surface area contributed by atoms with E-state index in [0.29, 0.717) is 11.4 Å². The smallest absolute Gasteiger partial charge is 0.258 e. The summed E-state index contributed by atoms with van der Waals surface area (Å²) in [5, 5.41) is 0. The molecule has 22 heavy (non-hydrogen) atoms. The second-order valence-corrected chi connectivity index (χ2v) is 4.96. The molecule has 0 saturated heterocycles. The van der Waals surface area contributed by atoms with Gasteiger partial charge in [0.2, 0.25) is 5.91 Å². The van der Waals surface area contributed by atoms with Gasteiger partial charge >= 0.3 is 0 Å². The molecule has 112 valence electrons. The molecule has 0 unspecified atom stereocenters. The summed E-state index contributed by atoms with van der Waals surface area (Å²) in [7, 11) is 1.63. The number of likely N-dealkylation sites (N-methyl/N-ethyl adjacent to an activating group) is 1. The maximum atomic E-state index is 13.3. The van der Waals surface area contributed by atoms with Crippen LogP contribution >= 0.6 is 0 Å². The van der Waals surface area contributed by atoms with Crippen LogP contribution in [0.4, 0.5) is 20.2 Å². The van der Waals surface area contributed by atoms with Crippen LogP contribution in [0.15, 0.2) is 42.5 Å². The number of nitrogens with zero attached hydrogens (tertiary/aromatic N) is 2. The van der Waals surface area contributed by atoms with Gasteiger partial charge < -0.3 is 4.90 Å². The fourth-order valence-electron chi connectivity index (χ4n) is 2.40. The molecule has 1 aliphatic heterocycles. The quantitative estimate of drug-likeness (QED) is 0.812. The Hall–Kier alpha value is -2.76. The van der Waals surface area contributed by atoms with E-state index in [1.807, 2.05) is 0 Å². The van der Waals surface area contributed by atoms with Crippen LogP contribution in [0.1, 0.15) is 10.4 Å². The van der Waals surface area contributed by atoms with Crippen molar-refractivity contribution in [2.45, 2.75) is 0 Å². The maximum absolute atomic E-state index is 13.3. The van der Waals surface area contributed by atoms with Crippen molar-refractivity contribution >= 4 is 23.2 Å². The minimum absolute atomic E-state index is 0.00828. The van der Waals surface area contributed by atoms with Gasteiger partial charge in [0.05, 0.1) is 11.4 Å². The zero-order chi connectivity index (χ0) is 15.9. The highest BCUT2D eigenvalue weighted by atomic mass is 19.2. The number of hydrogen-bond donors (Lipinski definition) is 0. The first-order valence-electron chi connectivity index (χ1n) is 6.61. The first-order valence-corrected chi connectivity index (χ1v) is 6.61. The minimum atomic E-state index is -1.10. The third-order valence-corrected chi connectivity index (χ3v) is 3.61. The van der Waals surface area contributed by atoms with Crippen LogP contribution in [0.3, 0.4) is 0 Å². The number of fused-ring (bicyclic) bond motifs is 1. The van der Waals surface area contributed by atoms with E-state index in [4.69, 9.17) is 0 Å². The minimum Gasteiger partial charge on any atom is -0.312 e. The summed E-state index contributed by atoms with van der Waals surface area (Å²) in [5.41, 5.74) is 1.14. The summed E-state index contributed by atoms with van der Waals surface area (Å²) < 4.78 is 26.3. The molecule has 4 nitrogen and oxygen atoms in total. The lowest BCUT2D eigenvalue weighted by Gasteiger charge is -2.34. The van der Waals surface area contributed by atoms with Crippen LogP contribution in [0.2, 0.25) is 0 Å². The monoisotopic (exact) mass is 302 g/mol. The van der Waals surface area contributed by atoms with Gasteiger partial charge in [-0.3, -0.25) is 14.5 Å². The molecular weight excluding hydrogens is 290 g/mol. The predicted octanol–water partition coefficient (Wildman–Crippen LogP) is 2.59. The summed E-state index contributed by atoms with van der Waals surface area (Å²) in [6.45, 7) is -0.147. The third-order valence-electron chi connectivity index (χ3n) is 3.61. The highest BCUT2D eigenvalue weighted by Gasteiger charge is 2.31. The van der Waals surface area contributed by atoms with Crippen LogP contribution in [-0.2, 0) is 4.79 Å². The van der Waals surface area contributed by atoms with Crippen molar-refractivity contribution in [3.05, 3.63) is 59.7 Å². The molecule has 6 heteroatoms. The van der Waals surface area contributed by atoms with Crippen molar-refractivity contribution in [2.75, 3.05) is 23.4 Å². The second-order valence-electron chi connectivity index (χ2n) is 4.96.